The van der Waals surface area contributed by atoms with E-state index in [1.54, 1.807) is 0 Å². The summed E-state index contributed by atoms with van der Waals surface area (Å²) in [6.45, 7) is 4.04. The summed E-state index contributed by atoms with van der Waals surface area (Å²) in [6.07, 6.45) is 8.11. The van der Waals surface area contributed by atoms with Gasteiger partial charge in [-0.3, -0.25) is 19.4 Å². The zero-order valence-electron chi connectivity index (χ0n) is 15.5. The van der Waals surface area contributed by atoms with Gasteiger partial charge in [-0.15, -0.1) is 0 Å². The third-order valence-electron chi connectivity index (χ3n) is 5.91. The third-order valence-corrected chi connectivity index (χ3v) is 5.91. The number of aryl methyl sites for hydroxylation is 1. The van der Waals surface area contributed by atoms with Gasteiger partial charge in [-0.25, -0.2) is 4.98 Å². The molecule has 2 aromatic heterocycles. The van der Waals surface area contributed by atoms with Crippen molar-refractivity contribution in [1.29, 1.82) is 0 Å². The van der Waals surface area contributed by atoms with Crippen molar-refractivity contribution in [2.24, 2.45) is 5.92 Å². The van der Waals surface area contributed by atoms with E-state index < -0.39 is 0 Å². The van der Waals surface area contributed by atoms with Gasteiger partial charge in [-0.2, -0.15) is 5.10 Å². The summed E-state index contributed by atoms with van der Waals surface area (Å²) >= 11 is 0. The van der Waals surface area contributed by atoms with Gasteiger partial charge in [-0.1, -0.05) is 25.3 Å². The van der Waals surface area contributed by atoms with Crippen molar-refractivity contribution in [3.8, 4) is 0 Å². The molecular weight excluding hydrogens is 329 g/mol. The number of pyridine rings is 1. The zero-order valence-corrected chi connectivity index (χ0v) is 15.5. The maximum Gasteiger partial charge on any atom is 0.153 e. The van der Waals surface area contributed by atoms with Crippen LogP contribution in [0.2, 0.25) is 0 Å². The van der Waals surface area contributed by atoms with Crippen LogP contribution in [0.1, 0.15) is 66.8 Å². The first-order valence-corrected chi connectivity index (χ1v) is 9.85. The summed E-state index contributed by atoms with van der Waals surface area (Å²) < 4.78 is 13.7. The van der Waals surface area contributed by atoms with Gasteiger partial charge in [0.1, 0.15) is 5.82 Å². The molecule has 0 bridgehead atoms. The Morgan fingerprint density at radius 2 is 2.04 bits per heavy atom. The second-order valence-corrected chi connectivity index (χ2v) is 7.96. The van der Waals surface area contributed by atoms with Crippen molar-refractivity contribution in [2.75, 3.05) is 19.8 Å². The number of hydrogen-bond donors (Lipinski definition) is 1. The Bertz CT molecular complexity index is 707. The minimum Gasteiger partial charge on any atom is -0.296 e. The normalized spacial score (nSPS) is 25.0. The van der Waals surface area contributed by atoms with Crippen molar-refractivity contribution in [1.82, 2.24) is 25.1 Å². The third kappa shape index (κ3) is 3.80. The Balaban J connectivity index is 1.44. The number of aromatic nitrogens is 4. The predicted octanol–water partition coefficient (Wildman–Crippen LogP) is 3.74. The standard InChI is InChI=1S/C20H28FN5/c1-14-7-8-17(22-10-14)12-26-11-16(9-21)18(13-26)20-23-19(24-25-20)15-5-3-2-4-6-15/h7-8,10,15-16,18H,2-6,9,11-13H2,1H3,(H,23,24,25)/t16-,18-/m1/s1. The number of nitrogens with zero attached hydrogens (tertiary/aromatic N) is 4. The molecule has 1 aliphatic carbocycles. The van der Waals surface area contributed by atoms with Gasteiger partial charge in [0.15, 0.2) is 5.82 Å². The molecule has 2 aliphatic rings. The van der Waals surface area contributed by atoms with Crippen LogP contribution < -0.4 is 0 Å². The largest absolute Gasteiger partial charge is 0.296 e. The van der Waals surface area contributed by atoms with E-state index in [1.807, 2.05) is 13.1 Å². The van der Waals surface area contributed by atoms with Crippen LogP contribution in [0.25, 0.3) is 0 Å². The zero-order chi connectivity index (χ0) is 17.9. The van der Waals surface area contributed by atoms with Crippen LogP contribution in [0, 0.1) is 12.8 Å². The highest BCUT2D eigenvalue weighted by molar-refractivity contribution is 5.13. The van der Waals surface area contributed by atoms with Gasteiger partial charge >= 0.3 is 0 Å². The van der Waals surface area contributed by atoms with E-state index in [1.165, 1.54) is 32.1 Å². The maximum absolute atomic E-state index is 13.7. The maximum atomic E-state index is 13.7. The first-order chi connectivity index (χ1) is 12.7. The SMILES string of the molecule is Cc1ccc(CN2C[C@@H](CF)[C@H](c3nc(C4CCCCC4)n[nH]3)C2)nc1. The minimum absolute atomic E-state index is 0.0207. The van der Waals surface area contributed by atoms with Crippen molar-refractivity contribution in [3.05, 3.63) is 41.2 Å². The van der Waals surface area contributed by atoms with Crippen LogP contribution in [-0.4, -0.2) is 44.8 Å². The van der Waals surface area contributed by atoms with Crippen molar-refractivity contribution < 1.29 is 4.39 Å². The van der Waals surface area contributed by atoms with E-state index >= 15 is 0 Å². The molecule has 1 N–H and O–H groups in total. The number of likely N-dealkylation sites (tertiary alicyclic amines) is 1. The minimum atomic E-state index is -0.318. The quantitative estimate of drug-likeness (QED) is 0.886. The monoisotopic (exact) mass is 357 g/mol. The molecule has 0 amide bonds. The van der Waals surface area contributed by atoms with E-state index in [-0.39, 0.29) is 18.5 Å². The molecule has 26 heavy (non-hydrogen) atoms. The average molecular weight is 357 g/mol. The molecule has 2 aromatic rings. The van der Waals surface area contributed by atoms with E-state index in [0.717, 1.165) is 42.5 Å². The Morgan fingerprint density at radius 1 is 1.19 bits per heavy atom. The summed E-state index contributed by atoms with van der Waals surface area (Å²) in [6, 6.07) is 4.14. The molecule has 6 heteroatoms. The molecule has 4 rings (SSSR count). The summed E-state index contributed by atoms with van der Waals surface area (Å²) in [4.78, 5) is 11.6. The summed E-state index contributed by atoms with van der Waals surface area (Å²) in [7, 11) is 0. The molecule has 3 heterocycles. The molecule has 0 aromatic carbocycles. The van der Waals surface area contributed by atoms with Crippen LogP contribution in [0.4, 0.5) is 4.39 Å². The highest BCUT2D eigenvalue weighted by Crippen LogP contribution is 2.34. The van der Waals surface area contributed by atoms with E-state index in [0.29, 0.717) is 5.92 Å². The molecule has 0 spiro atoms. The Hall–Kier alpha value is -1.82. The smallest absolute Gasteiger partial charge is 0.153 e. The van der Waals surface area contributed by atoms with E-state index in [2.05, 4.69) is 32.2 Å². The number of H-pyrrole nitrogens is 1. The first-order valence-electron chi connectivity index (χ1n) is 9.85. The fourth-order valence-electron chi connectivity index (χ4n) is 4.37. The molecule has 140 valence electrons. The molecule has 1 aliphatic heterocycles. The van der Waals surface area contributed by atoms with Gasteiger partial charge in [0.2, 0.25) is 0 Å². The molecule has 0 radical (unpaired) electrons. The molecule has 2 atom stereocenters. The van der Waals surface area contributed by atoms with Crippen molar-refractivity contribution in [3.63, 3.8) is 0 Å². The Labute approximate surface area is 154 Å². The lowest BCUT2D eigenvalue weighted by Crippen LogP contribution is -2.21. The predicted molar refractivity (Wildman–Crippen MR) is 98.7 cm³/mol. The van der Waals surface area contributed by atoms with Crippen molar-refractivity contribution >= 4 is 0 Å². The van der Waals surface area contributed by atoms with Gasteiger partial charge in [0.25, 0.3) is 0 Å². The number of hydrogen-bond acceptors (Lipinski definition) is 4. The number of rotatable bonds is 5. The van der Waals surface area contributed by atoms with Crippen LogP contribution in [0.15, 0.2) is 18.3 Å². The first kappa shape index (κ1) is 17.6. The fraction of sp³-hybridized carbons (Fsp3) is 0.650. The van der Waals surface area contributed by atoms with Crippen LogP contribution >= 0.6 is 0 Å². The average Bonchev–Trinajstić information content (AvgIpc) is 3.31. The molecule has 5 nitrogen and oxygen atoms in total. The van der Waals surface area contributed by atoms with Crippen LogP contribution in [0.3, 0.4) is 0 Å². The van der Waals surface area contributed by atoms with Crippen LogP contribution in [-0.2, 0) is 6.54 Å². The summed E-state index contributed by atoms with van der Waals surface area (Å²) in [5, 5.41) is 7.61. The highest BCUT2D eigenvalue weighted by atomic mass is 19.1. The highest BCUT2D eigenvalue weighted by Gasteiger charge is 2.36. The lowest BCUT2D eigenvalue weighted by atomic mass is 9.89. The van der Waals surface area contributed by atoms with Gasteiger partial charge < -0.3 is 0 Å². The Morgan fingerprint density at radius 3 is 2.77 bits per heavy atom. The molecule has 2 fully saturated rings. The van der Waals surface area contributed by atoms with E-state index in [9.17, 15) is 4.39 Å². The molecule has 1 saturated heterocycles. The number of halogens is 1. The van der Waals surface area contributed by atoms with Gasteiger partial charge in [-0.05, 0) is 31.4 Å². The number of nitrogens with one attached hydrogen (secondary N) is 1. The van der Waals surface area contributed by atoms with Crippen LogP contribution in [0.5, 0.6) is 0 Å². The van der Waals surface area contributed by atoms with E-state index in [4.69, 9.17) is 4.98 Å². The van der Waals surface area contributed by atoms with Gasteiger partial charge in [0, 0.05) is 43.6 Å². The van der Waals surface area contributed by atoms with Gasteiger partial charge in [0.05, 0.1) is 12.4 Å². The summed E-state index contributed by atoms with van der Waals surface area (Å²) in [5.41, 5.74) is 2.20. The number of alkyl halides is 1. The second kappa shape index (κ2) is 7.82. The molecular formula is C20H28FN5. The summed E-state index contributed by atoms with van der Waals surface area (Å²) in [5.74, 6) is 2.36. The molecule has 0 unspecified atom stereocenters. The fourth-order valence-corrected chi connectivity index (χ4v) is 4.37. The second-order valence-electron chi connectivity index (χ2n) is 7.96. The molecule has 1 saturated carbocycles. The van der Waals surface area contributed by atoms with Crippen molar-refractivity contribution in [2.45, 2.75) is 57.4 Å². The topological polar surface area (TPSA) is 57.7 Å². The lowest BCUT2D eigenvalue weighted by molar-refractivity contribution is 0.293. The Kier molecular flexibility index (Phi) is 5.29. The lowest BCUT2D eigenvalue weighted by Gasteiger charge is -2.18. The number of aromatic amines is 1.